The molecule has 2 aromatic rings. The molecule has 0 aromatic heterocycles. The highest BCUT2D eigenvalue weighted by Crippen LogP contribution is 2.39. The van der Waals surface area contributed by atoms with Gasteiger partial charge in [0.15, 0.2) is 6.61 Å². The Morgan fingerprint density at radius 1 is 1.15 bits per heavy atom. The van der Waals surface area contributed by atoms with Gasteiger partial charge in [0.25, 0.3) is 5.91 Å². The lowest BCUT2D eigenvalue weighted by Crippen LogP contribution is -2.42. The van der Waals surface area contributed by atoms with Gasteiger partial charge in [0.1, 0.15) is 17.1 Å². The Hall–Kier alpha value is -2.49. The first-order chi connectivity index (χ1) is 12.2. The molecule has 0 fully saturated rings. The summed E-state index contributed by atoms with van der Waals surface area (Å²) in [6.07, 6.45) is 0.721. The van der Waals surface area contributed by atoms with Crippen LogP contribution in [0.5, 0.6) is 11.5 Å². The van der Waals surface area contributed by atoms with Crippen LogP contribution in [0.2, 0.25) is 0 Å². The molecule has 0 radical (unpaired) electrons. The SMILES string of the molecule is Cc1ccc(OCC(=O)NC2CC(C)(C)Oc3cc(C)ccc32)c(C)c1. The number of carbonyl (C=O) groups is 1. The number of carbonyl (C=O) groups excluding carboxylic acids is 1. The molecule has 2 aromatic carbocycles. The van der Waals surface area contributed by atoms with Gasteiger partial charge in [-0.1, -0.05) is 29.8 Å². The molecule has 26 heavy (non-hydrogen) atoms. The first-order valence-electron chi connectivity index (χ1n) is 9.02. The summed E-state index contributed by atoms with van der Waals surface area (Å²) in [5.74, 6) is 1.47. The highest BCUT2D eigenvalue weighted by atomic mass is 16.5. The van der Waals surface area contributed by atoms with Gasteiger partial charge in [0.05, 0.1) is 6.04 Å². The maximum atomic E-state index is 12.5. The van der Waals surface area contributed by atoms with Crippen LogP contribution in [-0.2, 0) is 4.79 Å². The van der Waals surface area contributed by atoms with E-state index in [1.54, 1.807) is 0 Å². The molecule has 1 aliphatic heterocycles. The number of hydrogen-bond donors (Lipinski definition) is 1. The van der Waals surface area contributed by atoms with E-state index >= 15 is 0 Å². The molecule has 0 aliphatic carbocycles. The molecule has 1 unspecified atom stereocenters. The van der Waals surface area contributed by atoms with Gasteiger partial charge >= 0.3 is 0 Å². The zero-order chi connectivity index (χ0) is 18.9. The van der Waals surface area contributed by atoms with Crippen LogP contribution in [0.4, 0.5) is 0 Å². The molecule has 1 heterocycles. The van der Waals surface area contributed by atoms with Crippen molar-refractivity contribution in [1.82, 2.24) is 5.32 Å². The second kappa shape index (κ2) is 7.02. The van der Waals surface area contributed by atoms with E-state index in [2.05, 4.69) is 5.32 Å². The fourth-order valence-corrected chi connectivity index (χ4v) is 3.43. The monoisotopic (exact) mass is 353 g/mol. The average Bonchev–Trinajstić information content (AvgIpc) is 2.52. The van der Waals surface area contributed by atoms with Crippen LogP contribution in [0.3, 0.4) is 0 Å². The fraction of sp³-hybridized carbons (Fsp3) is 0.409. The van der Waals surface area contributed by atoms with E-state index in [1.807, 2.05) is 71.0 Å². The van der Waals surface area contributed by atoms with Gasteiger partial charge in [-0.3, -0.25) is 4.79 Å². The van der Waals surface area contributed by atoms with Crippen molar-refractivity contribution in [3.05, 3.63) is 58.7 Å². The van der Waals surface area contributed by atoms with Gasteiger partial charge in [-0.2, -0.15) is 0 Å². The Balaban J connectivity index is 1.69. The van der Waals surface area contributed by atoms with Gasteiger partial charge in [0.2, 0.25) is 0 Å². The first kappa shape index (κ1) is 18.3. The quantitative estimate of drug-likeness (QED) is 0.886. The lowest BCUT2D eigenvalue weighted by molar-refractivity contribution is -0.124. The van der Waals surface area contributed by atoms with Crippen molar-refractivity contribution in [3.63, 3.8) is 0 Å². The molecular weight excluding hydrogens is 326 g/mol. The number of rotatable bonds is 4. The van der Waals surface area contributed by atoms with Crippen LogP contribution in [-0.4, -0.2) is 18.1 Å². The first-order valence-corrected chi connectivity index (χ1v) is 9.02. The van der Waals surface area contributed by atoms with Crippen molar-refractivity contribution >= 4 is 5.91 Å². The standard InChI is InChI=1S/C22H27NO3/c1-14-7-9-19(16(3)10-14)25-13-21(24)23-18-12-22(4,5)26-20-11-15(2)6-8-17(18)20/h6-11,18H,12-13H2,1-5H3,(H,23,24). The van der Waals surface area contributed by atoms with E-state index in [1.165, 1.54) is 5.56 Å². The summed E-state index contributed by atoms with van der Waals surface area (Å²) in [5, 5.41) is 3.11. The van der Waals surface area contributed by atoms with Crippen LogP contribution < -0.4 is 14.8 Å². The summed E-state index contributed by atoms with van der Waals surface area (Å²) in [6.45, 7) is 10.2. The molecule has 138 valence electrons. The second-order valence-electron chi connectivity index (χ2n) is 7.78. The molecular formula is C22H27NO3. The molecule has 1 N–H and O–H groups in total. The fourth-order valence-electron chi connectivity index (χ4n) is 3.43. The van der Waals surface area contributed by atoms with Crippen molar-refractivity contribution in [3.8, 4) is 11.5 Å². The highest BCUT2D eigenvalue weighted by molar-refractivity contribution is 5.78. The Kier molecular flexibility index (Phi) is 4.94. The Bertz CT molecular complexity index is 826. The Morgan fingerprint density at radius 2 is 1.85 bits per heavy atom. The predicted molar refractivity (Wildman–Crippen MR) is 103 cm³/mol. The number of fused-ring (bicyclic) bond motifs is 1. The molecule has 3 rings (SSSR count). The van der Waals surface area contributed by atoms with Crippen LogP contribution in [0, 0.1) is 20.8 Å². The molecule has 0 saturated carbocycles. The highest BCUT2D eigenvalue weighted by Gasteiger charge is 2.34. The summed E-state index contributed by atoms with van der Waals surface area (Å²) in [7, 11) is 0. The van der Waals surface area contributed by atoms with E-state index < -0.39 is 0 Å². The van der Waals surface area contributed by atoms with Gasteiger partial charge in [-0.15, -0.1) is 0 Å². The van der Waals surface area contributed by atoms with Gasteiger partial charge in [-0.05, 0) is 57.9 Å². The van der Waals surface area contributed by atoms with Gasteiger partial charge in [0, 0.05) is 12.0 Å². The summed E-state index contributed by atoms with van der Waals surface area (Å²) in [5.41, 5.74) is 4.05. The van der Waals surface area contributed by atoms with Crippen molar-refractivity contribution in [2.45, 2.75) is 52.7 Å². The molecule has 0 bridgehead atoms. The van der Waals surface area contributed by atoms with Crippen molar-refractivity contribution < 1.29 is 14.3 Å². The van der Waals surface area contributed by atoms with Crippen molar-refractivity contribution in [2.24, 2.45) is 0 Å². The van der Waals surface area contributed by atoms with Crippen molar-refractivity contribution in [1.29, 1.82) is 0 Å². The number of nitrogens with one attached hydrogen (secondary N) is 1. The maximum absolute atomic E-state index is 12.5. The number of amides is 1. The zero-order valence-electron chi connectivity index (χ0n) is 16.2. The number of benzene rings is 2. The lowest BCUT2D eigenvalue weighted by Gasteiger charge is -2.38. The summed E-state index contributed by atoms with van der Waals surface area (Å²) in [4.78, 5) is 12.5. The molecule has 1 aliphatic rings. The minimum Gasteiger partial charge on any atom is -0.487 e. The second-order valence-corrected chi connectivity index (χ2v) is 7.78. The Morgan fingerprint density at radius 3 is 2.58 bits per heavy atom. The van der Waals surface area contributed by atoms with E-state index in [9.17, 15) is 4.79 Å². The molecule has 4 nitrogen and oxygen atoms in total. The van der Waals surface area contributed by atoms with Crippen LogP contribution in [0.1, 0.15) is 48.6 Å². The topological polar surface area (TPSA) is 47.6 Å². The van der Waals surface area contributed by atoms with Gasteiger partial charge < -0.3 is 14.8 Å². The largest absolute Gasteiger partial charge is 0.487 e. The third-order valence-electron chi connectivity index (χ3n) is 4.65. The third-order valence-corrected chi connectivity index (χ3v) is 4.65. The lowest BCUT2D eigenvalue weighted by atomic mass is 9.89. The molecule has 0 spiro atoms. The number of ether oxygens (including phenoxy) is 2. The number of hydrogen-bond acceptors (Lipinski definition) is 3. The van der Waals surface area contributed by atoms with Crippen LogP contribution >= 0.6 is 0 Å². The molecule has 0 saturated heterocycles. The summed E-state index contributed by atoms with van der Waals surface area (Å²) >= 11 is 0. The summed E-state index contributed by atoms with van der Waals surface area (Å²) < 4.78 is 11.8. The Labute approximate surface area is 155 Å². The predicted octanol–water partition coefficient (Wildman–Crippen LogP) is 4.41. The van der Waals surface area contributed by atoms with Crippen LogP contribution in [0.25, 0.3) is 0 Å². The zero-order valence-corrected chi connectivity index (χ0v) is 16.2. The summed E-state index contributed by atoms with van der Waals surface area (Å²) in [6, 6.07) is 12.0. The van der Waals surface area contributed by atoms with E-state index in [-0.39, 0.29) is 24.2 Å². The smallest absolute Gasteiger partial charge is 0.258 e. The average molecular weight is 353 g/mol. The van der Waals surface area contributed by atoms with E-state index in [4.69, 9.17) is 9.47 Å². The van der Waals surface area contributed by atoms with Crippen LogP contribution in [0.15, 0.2) is 36.4 Å². The third kappa shape index (κ3) is 4.18. The number of aryl methyl sites for hydroxylation is 3. The molecule has 4 heteroatoms. The minimum atomic E-state index is -0.326. The van der Waals surface area contributed by atoms with E-state index in [0.717, 1.165) is 34.6 Å². The van der Waals surface area contributed by atoms with Crippen molar-refractivity contribution in [2.75, 3.05) is 6.61 Å². The van der Waals surface area contributed by atoms with Gasteiger partial charge in [-0.25, -0.2) is 0 Å². The van der Waals surface area contributed by atoms with E-state index in [0.29, 0.717) is 0 Å². The minimum absolute atomic E-state index is 0.00286. The maximum Gasteiger partial charge on any atom is 0.258 e. The molecule has 1 amide bonds. The molecule has 1 atom stereocenters. The normalized spacial score (nSPS) is 17.8.